The highest BCUT2D eigenvalue weighted by atomic mass is 16.5. The van der Waals surface area contributed by atoms with E-state index in [2.05, 4.69) is 41.2 Å². The molecule has 1 unspecified atom stereocenters. The highest BCUT2D eigenvalue weighted by Gasteiger charge is 2.07. The molecule has 0 aliphatic rings. The maximum absolute atomic E-state index is 10.9. The van der Waals surface area contributed by atoms with Gasteiger partial charge in [-0.05, 0) is 31.9 Å². The summed E-state index contributed by atoms with van der Waals surface area (Å²) >= 11 is 0. The number of aliphatic hydroxyl groups excluding tert-OH is 1. The fourth-order valence-electron chi connectivity index (χ4n) is 1.86. The average molecular weight is 265 g/mol. The molecule has 2 N–H and O–H groups in total. The third-order valence-electron chi connectivity index (χ3n) is 2.96. The van der Waals surface area contributed by atoms with Crippen molar-refractivity contribution in [3.8, 4) is 0 Å². The van der Waals surface area contributed by atoms with Crippen molar-refractivity contribution in [1.29, 1.82) is 0 Å². The van der Waals surface area contributed by atoms with Crippen molar-refractivity contribution in [2.24, 2.45) is 0 Å². The average Bonchev–Trinajstić information content (AvgIpc) is 2.41. The van der Waals surface area contributed by atoms with Crippen LogP contribution in [0.2, 0.25) is 0 Å². The molecule has 0 amide bonds. The first-order valence-electron chi connectivity index (χ1n) is 6.63. The summed E-state index contributed by atoms with van der Waals surface area (Å²) in [5.74, 6) is -0.279. The molecule has 0 aliphatic heterocycles. The molecule has 0 saturated carbocycles. The first-order chi connectivity index (χ1) is 9.11. The molecule has 0 aliphatic carbocycles. The molecule has 0 aromatic heterocycles. The fourth-order valence-corrected chi connectivity index (χ4v) is 1.86. The van der Waals surface area contributed by atoms with E-state index >= 15 is 0 Å². The Morgan fingerprint density at radius 2 is 2.26 bits per heavy atom. The van der Waals surface area contributed by atoms with Crippen molar-refractivity contribution in [3.63, 3.8) is 0 Å². The van der Waals surface area contributed by atoms with Crippen LogP contribution < -0.4 is 5.32 Å². The third-order valence-corrected chi connectivity index (χ3v) is 2.96. The zero-order chi connectivity index (χ0) is 14.1. The van der Waals surface area contributed by atoms with Gasteiger partial charge in [-0.25, -0.2) is 0 Å². The quantitative estimate of drug-likeness (QED) is 0.551. The Kier molecular flexibility index (Phi) is 7.15. The van der Waals surface area contributed by atoms with Crippen LogP contribution in [-0.4, -0.2) is 37.4 Å². The van der Waals surface area contributed by atoms with Gasteiger partial charge in [0.25, 0.3) is 0 Å². The number of carbonyl (C=O) groups is 1. The molecule has 4 heteroatoms. The van der Waals surface area contributed by atoms with E-state index in [1.54, 1.807) is 0 Å². The van der Waals surface area contributed by atoms with E-state index in [0.29, 0.717) is 13.0 Å². The van der Waals surface area contributed by atoms with E-state index in [0.717, 1.165) is 13.0 Å². The van der Waals surface area contributed by atoms with Gasteiger partial charge in [0, 0.05) is 13.0 Å². The molecule has 0 fully saturated rings. The largest absolute Gasteiger partial charge is 0.469 e. The van der Waals surface area contributed by atoms with Gasteiger partial charge in [-0.15, -0.1) is 0 Å². The SMILES string of the molecule is COC(=O)CCC(O)CNCCc1cccc(C)c1. The Morgan fingerprint density at radius 1 is 1.47 bits per heavy atom. The van der Waals surface area contributed by atoms with Gasteiger partial charge in [0.2, 0.25) is 0 Å². The number of hydrogen-bond donors (Lipinski definition) is 2. The van der Waals surface area contributed by atoms with Crippen LogP contribution in [0.15, 0.2) is 24.3 Å². The number of methoxy groups -OCH3 is 1. The molecule has 0 heterocycles. The maximum Gasteiger partial charge on any atom is 0.305 e. The minimum Gasteiger partial charge on any atom is -0.469 e. The molecule has 1 aromatic rings. The van der Waals surface area contributed by atoms with Crippen molar-refractivity contribution in [2.75, 3.05) is 20.2 Å². The second-order valence-corrected chi connectivity index (χ2v) is 4.71. The number of aliphatic hydroxyl groups is 1. The number of ether oxygens (including phenoxy) is 1. The smallest absolute Gasteiger partial charge is 0.305 e. The lowest BCUT2D eigenvalue weighted by molar-refractivity contribution is -0.141. The van der Waals surface area contributed by atoms with E-state index in [-0.39, 0.29) is 12.4 Å². The van der Waals surface area contributed by atoms with E-state index < -0.39 is 6.10 Å². The van der Waals surface area contributed by atoms with Crippen molar-refractivity contribution >= 4 is 5.97 Å². The molecule has 19 heavy (non-hydrogen) atoms. The number of carbonyl (C=O) groups excluding carboxylic acids is 1. The van der Waals surface area contributed by atoms with Gasteiger partial charge in [0.15, 0.2) is 0 Å². The Balaban J connectivity index is 2.11. The van der Waals surface area contributed by atoms with E-state index in [1.165, 1.54) is 18.2 Å². The van der Waals surface area contributed by atoms with Crippen molar-refractivity contribution in [3.05, 3.63) is 35.4 Å². The fraction of sp³-hybridized carbons (Fsp3) is 0.533. The third kappa shape index (κ3) is 6.94. The number of aryl methyl sites for hydroxylation is 1. The predicted molar refractivity (Wildman–Crippen MR) is 75.0 cm³/mol. The summed E-state index contributed by atoms with van der Waals surface area (Å²) < 4.78 is 4.52. The van der Waals surface area contributed by atoms with Crippen LogP contribution in [0.5, 0.6) is 0 Å². The topological polar surface area (TPSA) is 58.6 Å². The molecular weight excluding hydrogens is 242 g/mol. The van der Waals surface area contributed by atoms with Crippen LogP contribution in [0.25, 0.3) is 0 Å². The van der Waals surface area contributed by atoms with Crippen LogP contribution in [0.1, 0.15) is 24.0 Å². The summed E-state index contributed by atoms with van der Waals surface area (Å²) in [6, 6.07) is 8.39. The van der Waals surface area contributed by atoms with Gasteiger partial charge in [0.1, 0.15) is 0 Å². The van der Waals surface area contributed by atoms with Gasteiger partial charge < -0.3 is 15.2 Å². The summed E-state index contributed by atoms with van der Waals surface area (Å²) in [6.45, 7) is 3.40. The monoisotopic (exact) mass is 265 g/mol. The van der Waals surface area contributed by atoms with E-state index in [4.69, 9.17) is 0 Å². The Hall–Kier alpha value is -1.39. The molecule has 0 spiro atoms. The summed E-state index contributed by atoms with van der Waals surface area (Å²) in [5.41, 5.74) is 2.55. The molecule has 4 nitrogen and oxygen atoms in total. The Labute approximate surface area is 114 Å². The highest BCUT2D eigenvalue weighted by molar-refractivity contribution is 5.69. The standard InChI is InChI=1S/C15H23NO3/c1-12-4-3-5-13(10-12)8-9-16-11-14(17)6-7-15(18)19-2/h3-5,10,14,16-17H,6-9,11H2,1-2H3. The van der Waals surface area contributed by atoms with Crippen LogP contribution in [0, 0.1) is 6.92 Å². The number of benzene rings is 1. The lowest BCUT2D eigenvalue weighted by Gasteiger charge is -2.11. The first kappa shape index (κ1) is 15.7. The molecular formula is C15H23NO3. The molecule has 106 valence electrons. The summed E-state index contributed by atoms with van der Waals surface area (Å²) in [5, 5.41) is 12.9. The molecule has 1 atom stereocenters. The van der Waals surface area contributed by atoms with Crippen molar-refractivity contribution in [1.82, 2.24) is 5.32 Å². The van der Waals surface area contributed by atoms with E-state index in [1.807, 2.05) is 0 Å². The Morgan fingerprint density at radius 3 is 2.95 bits per heavy atom. The van der Waals surface area contributed by atoms with Crippen LogP contribution in [0.4, 0.5) is 0 Å². The highest BCUT2D eigenvalue weighted by Crippen LogP contribution is 2.04. The van der Waals surface area contributed by atoms with Gasteiger partial charge in [-0.3, -0.25) is 4.79 Å². The second kappa shape index (κ2) is 8.67. The minimum absolute atomic E-state index is 0.261. The second-order valence-electron chi connectivity index (χ2n) is 4.71. The predicted octanol–water partition coefficient (Wildman–Crippen LogP) is 1.44. The summed E-state index contributed by atoms with van der Waals surface area (Å²) in [4.78, 5) is 10.9. The van der Waals surface area contributed by atoms with Gasteiger partial charge in [-0.1, -0.05) is 29.8 Å². The van der Waals surface area contributed by atoms with Gasteiger partial charge in [-0.2, -0.15) is 0 Å². The van der Waals surface area contributed by atoms with Crippen molar-refractivity contribution < 1.29 is 14.6 Å². The number of rotatable bonds is 8. The van der Waals surface area contributed by atoms with E-state index in [9.17, 15) is 9.90 Å². The normalized spacial score (nSPS) is 12.2. The first-order valence-corrected chi connectivity index (χ1v) is 6.63. The molecule has 1 aromatic carbocycles. The summed E-state index contributed by atoms with van der Waals surface area (Å²) in [7, 11) is 1.36. The lowest BCUT2D eigenvalue weighted by atomic mass is 10.1. The summed E-state index contributed by atoms with van der Waals surface area (Å²) in [6.07, 6.45) is 1.13. The molecule has 0 bridgehead atoms. The maximum atomic E-state index is 10.9. The molecule has 0 radical (unpaired) electrons. The number of esters is 1. The van der Waals surface area contributed by atoms with Gasteiger partial charge in [0.05, 0.1) is 13.2 Å². The molecule has 0 saturated heterocycles. The van der Waals surface area contributed by atoms with Crippen LogP contribution >= 0.6 is 0 Å². The van der Waals surface area contributed by atoms with Gasteiger partial charge >= 0.3 is 5.97 Å². The zero-order valence-electron chi connectivity index (χ0n) is 11.7. The van der Waals surface area contributed by atoms with Crippen LogP contribution in [0.3, 0.4) is 0 Å². The number of nitrogens with one attached hydrogen (secondary N) is 1. The van der Waals surface area contributed by atoms with Crippen molar-refractivity contribution in [2.45, 2.75) is 32.3 Å². The minimum atomic E-state index is -0.503. The number of hydrogen-bond acceptors (Lipinski definition) is 4. The van der Waals surface area contributed by atoms with Crippen LogP contribution in [-0.2, 0) is 16.0 Å². The molecule has 1 rings (SSSR count). The lowest BCUT2D eigenvalue weighted by Crippen LogP contribution is -2.29. The zero-order valence-corrected chi connectivity index (χ0v) is 11.7. The Bertz CT molecular complexity index is 393.